The van der Waals surface area contributed by atoms with Crippen molar-refractivity contribution < 1.29 is 19.7 Å². The van der Waals surface area contributed by atoms with Crippen molar-refractivity contribution in [2.24, 2.45) is 5.92 Å². The van der Waals surface area contributed by atoms with Gasteiger partial charge in [-0.3, -0.25) is 9.69 Å². The number of anilines is 1. The van der Waals surface area contributed by atoms with E-state index in [-0.39, 0.29) is 17.9 Å². The normalized spacial score (nSPS) is 24.6. The first-order chi connectivity index (χ1) is 21.0. The van der Waals surface area contributed by atoms with Crippen LogP contribution in [0.4, 0.5) is 5.95 Å². The fourth-order valence-electron chi connectivity index (χ4n) is 6.97. The molecule has 0 atom stereocenters. The number of carboxylic acid groups (broad SMARTS) is 1. The molecular weight excluding hydrogens is 603 g/mol. The first kappa shape index (κ1) is 31.0. The Bertz CT molecular complexity index is 1470. The number of halogens is 2. The summed E-state index contributed by atoms with van der Waals surface area (Å²) in [5, 5.41) is 24.1. The zero-order chi connectivity index (χ0) is 30.9. The lowest BCUT2D eigenvalue weighted by atomic mass is 9.64. The number of carbonyl (C=O) groups is 1. The Morgan fingerprint density at radius 3 is 2.41 bits per heavy atom. The van der Waals surface area contributed by atoms with E-state index in [1.807, 2.05) is 31.2 Å². The van der Waals surface area contributed by atoms with E-state index in [9.17, 15) is 9.90 Å². The van der Waals surface area contributed by atoms with Crippen LogP contribution in [0.5, 0.6) is 11.6 Å². The lowest BCUT2D eigenvalue weighted by Gasteiger charge is -2.52. The summed E-state index contributed by atoms with van der Waals surface area (Å²) in [6.07, 6.45) is 7.73. The summed E-state index contributed by atoms with van der Waals surface area (Å²) in [4.78, 5) is 29.6. The molecule has 44 heavy (non-hydrogen) atoms. The van der Waals surface area contributed by atoms with Crippen molar-refractivity contribution in [1.82, 2.24) is 25.2 Å². The number of piperidine rings is 1. The molecule has 2 aliphatic heterocycles. The minimum absolute atomic E-state index is 0.00270. The average Bonchev–Trinajstić information content (AvgIpc) is 3.16. The Balaban J connectivity index is 1.17. The molecule has 3 aliphatic rings. The van der Waals surface area contributed by atoms with Gasteiger partial charge >= 0.3 is 5.97 Å². The summed E-state index contributed by atoms with van der Waals surface area (Å²) < 4.78 is 6.20. The van der Waals surface area contributed by atoms with Gasteiger partial charge in [0.2, 0.25) is 11.8 Å². The monoisotopic (exact) mass is 640 g/mol. The molecule has 10 nitrogen and oxygen atoms in total. The molecule has 0 radical (unpaired) electrons. The lowest BCUT2D eigenvalue weighted by Crippen LogP contribution is -2.63. The van der Waals surface area contributed by atoms with Crippen molar-refractivity contribution in [3.8, 4) is 22.9 Å². The van der Waals surface area contributed by atoms with E-state index in [1.165, 1.54) is 0 Å². The van der Waals surface area contributed by atoms with E-state index in [1.54, 1.807) is 18.5 Å². The molecule has 1 aromatic carbocycles. The van der Waals surface area contributed by atoms with E-state index in [0.717, 1.165) is 76.0 Å². The molecule has 1 spiro atoms. The molecule has 4 heterocycles. The second-order valence-electron chi connectivity index (χ2n) is 12.8. The van der Waals surface area contributed by atoms with Crippen molar-refractivity contribution in [2.75, 3.05) is 37.6 Å². The number of hydrogen-bond donors (Lipinski definition) is 3. The van der Waals surface area contributed by atoms with Gasteiger partial charge in [0.25, 0.3) is 0 Å². The smallest absolute Gasteiger partial charge is 0.303 e. The third kappa shape index (κ3) is 7.61. The molecule has 1 aliphatic carbocycles. The van der Waals surface area contributed by atoms with Crippen molar-refractivity contribution in [3.05, 3.63) is 58.3 Å². The summed E-state index contributed by atoms with van der Waals surface area (Å²) in [6, 6.07) is 9.26. The largest absolute Gasteiger partial charge is 0.481 e. The van der Waals surface area contributed by atoms with E-state index < -0.39 is 11.6 Å². The van der Waals surface area contributed by atoms with Crippen LogP contribution in [0.15, 0.2) is 42.7 Å². The van der Waals surface area contributed by atoms with Gasteiger partial charge in [-0.25, -0.2) is 15.0 Å². The minimum atomic E-state index is -0.734. The van der Waals surface area contributed by atoms with Crippen molar-refractivity contribution in [2.45, 2.75) is 63.1 Å². The van der Waals surface area contributed by atoms with E-state index in [0.29, 0.717) is 39.9 Å². The Labute approximate surface area is 267 Å². The maximum Gasteiger partial charge on any atom is 0.303 e. The molecule has 2 saturated heterocycles. The number of aromatic nitrogens is 3. The van der Waals surface area contributed by atoms with Gasteiger partial charge in [-0.15, -0.1) is 0 Å². The van der Waals surface area contributed by atoms with Gasteiger partial charge in [-0.2, -0.15) is 0 Å². The number of nitrogens with one attached hydrogen (secondary N) is 1. The third-order valence-corrected chi connectivity index (χ3v) is 9.33. The third-order valence-electron chi connectivity index (χ3n) is 8.90. The number of aliphatic carboxylic acids is 1. The first-order valence-corrected chi connectivity index (χ1v) is 15.9. The van der Waals surface area contributed by atoms with Gasteiger partial charge in [-0.1, -0.05) is 23.2 Å². The van der Waals surface area contributed by atoms with E-state index in [2.05, 4.69) is 25.1 Å². The molecule has 3 aromatic rings. The number of carboxylic acids is 1. The number of benzene rings is 1. The summed E-state index contributed by atoms with van der Waals surface area (Å²) in [6.45, 7) is 6.64. The lowest BCUT2D eigenvalue weighted by molar-refractivity contribution is -0.138. The van der Waals surface area contributed by atoms with Gasteiger partial charge in [-0.05, 0) is 87.9 Å². The van der Waals surface area contributed by atoms with E-state index in [4.69, 9.17) is 38.0 Å². The summed E-state index contributed by atoms with van der Waals surface area (Å²) in [7, 11) is 0. The number of nitrogens with zero attached hydrogens (tertiary/aromatic N) is 5. The topological polar surface area (TPSA) is 124 Å². The number of likely N-dealkylation sites (tertiary alicyclic amines) is 1. The molecule has 0 unspecified atom stereocenters. The fraction of sp³-hybridized carbons (Fsp3) is 0.500. The molecule has 2 aromatic heterocycles. The van der Waals surface area contributed by atoms with Crippen molar-refractivity contribution in [3.63, 3.8) is 0 Å². The van der Waals surface area contributed by atoms with Crippen LogP contribution in [0.1, 0.15) is 51.0 Å². The Kier molecular flexibility index (Phi) is 8.99. The maximum absolute atomic E-state index is 11.1. The number of ether oxygens (including phenoxy) is 1. The average molecular weight is 642 g/mol. The van der Waals surface area contributed by atoms with Gasteiger partial charge in [0.15, 0.2) is 5.75 Å². The Morgan fingerprint density at radius 2 is 1.75 bits per heavy atom. The van der Waals surface area contributed by atoms with Gasteiger partial charge < -0.3 is 25.2 Å². The number of hydrogen-bond acceptors (Lipinski definition) is 9. The standard InChI is InChI=1S/C32H38Cl2N6O4/c1-31(43)19-32(20-31)4-8-40(9-5-37-32)30-35-16-26(17-36-30)44-28-11-22(18-39-6-2-21(3-7-39)12-29(41)42)10-27(38-28)23-13-24(33)15-25(34)14-23/h10-11,13-17,21,37,43H,2-9,12,18-20H2,1H3,(H,41,42). The molecule has 1 saturated carbocycles. The summed E-state index contributed by atoms with van der Waals surface area (Å²) in [5.74, 6) is 1.01. The zero-order valence-electron chi connectivity index (χ0n) is 24.8. The Hall–Kier alpha value is -3.02. The van der Waals surface area contributed by atoms with Gasteiger partial charge in [0, 0.05) is 59.8 Å². The predicted octanol–water partition coefficient (Wildman–Crippen LogP) is 5.41. The van der Waals surface area contributed by atoms with Gasteiger partial charge in [0.05, 0.1) is 23.7 Å². The van der Waals surface area contributed by atoms with Crippen LogP contribution >= 0.6 is 23.2 Å². The highest BCUT2D eigenvalue weighted by Crippen LogP contribution is 2.44. The molecule has 3 fully saturated rings. The molecule has 0 bridgehead atoms. The van der Waals surface area contributed by atoms with Crippen LogP contribution in [0.25, 0.3) is 11.3 Å². The SMILES string of the molecule is CC1(O)CC2(CCN(c3ncc(Oc4cc(CN5CCC(CC(=O)O)CC5)cc(-c5cc(Cl)cc(Cl)c5)n4)cn3)CCN2)C1. The highest BCUT2D eigenvalue weighted by molar-refractivity contribution is 6.35. The Morgan fingerprint density at radius 1 is 1.05 bits per heavy atom. The fourth-order valence-corrected chi connectivity index (χ4v) is 7.49. The van der Waals surface area contributed by atoms with Crippen LogP contribution < -0.4 is 15.0 Å². The number of pyridine rings is 1. The molecule has 12 heteroatoms. The van der Waals surface area contributed by atoms with Crippen LogP contribution in [0.3, 0.4) is 0 Å². The summed E-state index contributed by atoms with van der Waals surface area (Å²) in [5.41, 5.74) is 1.89. The van der Waals surface area contributed by atoms with E-state index >= 15 is 0 Å². The van der Waals surface area contributed by atoms with Gasteiger partial charge in [0.1, 0.15) is 0 Å². The summed E-state index contributed by atoms with van der Waals surface area (Å²) >= 11 is 12.6. The highest BCUT2D eigenvalue weighted by atomic mass is 35.5. The second kappa shape index (κ2) is 12.8. The first-order valence-electron chi connectivity index (χ1n) is 15.2. The molecule has 234 valence electrons. The quantitative estimate of drug-likeness (QED) is 0.294. The van der Waals surface area contributed by atoms with Crippen molar-refractivity contribution >= 4 is 35.1 Å². The van der Waals surface area contributed by atoms with Crippen LogP contribution in [-0.4, -0.2) is 79.9 Å². The number of rotatable bonds is 8. The van der Waals surface area contributed by atoms with Crippen LogP contribution in [0.2, 0.25) is 10.0 Å². The maximum atomic E-state index is 11.1. The van der Waals surface area contributed by atoms with Crippen LogP contribution in [0, 0.1) is 5.92 Å². The number of aliphatic hydroxyl groups is 1. The van der Waals surface area contributed by atoms with Crippen molar-refractivity contribution in [1.29, 1.82) is 0 Å². The minimum Gasteiger partial charge on any atom is -0.481 e. The second-order valence-corrected chi connectivity index (χ2v) is 13.7. The molecule has 0 amide bonds. The highest BCUT2D eigenvalue weighted by Gasteiger charge is 2.51. The predicted molar refractivity (Wildman–Crippen MR) is 169 cm³/mol. The molecule has 6 rings (SSSR count). The van der Waals surface area contributed by atoms with Crippen LogP contribution in [-0.2, 0) is 11.3 Å². The zero-order valence-corrected chi connectivity index (χ0v) is 26.3. The molecular formula is C32H38Cl2N6O4. The molecule has 3 N–H and O–H groups in total.